The summed E-state index contributed by atoms with van der Waals surface area (Å²) in [6.07, 6.45) is -37.9. The molecule has 2 aliphatic rings. The Morgan fingerprint density at radius 1 is 0.192 bits per heavy atom. The Morgan fingerprint density at radius 2 is 0.260 bits per heavy atom. The fourth-order valence-electron chi connectivity index (χ4n) is 5.58. The normalized spacial score (nSPS) is 29.6. The Kier molecular flexibility index (Phi) is 28.2. The summed E-state index contributed by atoms with van der Waals surface area (Å²) < 4.78 is 186. The second kappa shape index (κ2) is 27.1. The van der Waals surface area contributed by atoms with Crippen molar-refractivity contribution < 1.29 is 278 Å². The van der Waals surface area contributed by atoms with Gasteiger partial charge in [-0.2, -0.15) is 0 Å². The molecule has 2 saturated carbocycles. The minimum atomic E-state index is -6.27. The van der Waals surface area contributed by atoms with E-state index in [1.165, 1.54) is 0 Å². The largest absolute Gasteiger partial charge is 1.00 e. The predicted molar refractivity (Wildman–Crippen MR) is 201 cm³/mol. The average molecular weight is 1360 g/mol. The molecule has 2 rings (SSSR count). The van der Waals surface area contributed by atoms with Gasteiger partial charge < -0.3 is 122 Å². The molecule has 0 saturated heterocycles. The fraction of sp³-hybridized carbons (Fsp3) is 1.00. The molecule has 0 aromatic carbocycles. The SMILES string of the molecule is O=P(O)(O)OC1C(OP(=O)(O)O)C(OP(=O)(O)O)C(OP(=O)(O)O)C(OP(=O)(O)O)C1OP(=O)(O)O.O=P([O-])(O)OC1[C@@H](OP(=O)(O)O)[C@H](OP(=O)(O)O)C(OP(=O)(O)O)[C@H](OP(=O)(O)O)[C@@H]1OP(=O)(O)O.[K+]. The molecule has 0 bridgehead atoms. The summed E-state index contributed by atoms with van der Waals surface area (Å²) in [6, 6.07) is 0. The Balaban J connectivity index is 0.00000140. The maximum Gasteiger partial charge on any atom is 1.00 e. The van der Waals surface area contributed by atoms with Gasteiger partial charge in [0.15, 0.2) is 0 Å². The standard InChI is InChI=1S/2C6H18O24P6.K/c2*7-31(8,9)25-1-2(26-32(10,11)12)4(28-34(16,17)18)6(30-36(22,23)24)5(29-35(19,20)21)3(1)27-33(13,14)15;/h2*1-6H,(H2,7,8,9)(H2,10,11,12)(H2,13,14,15)(H2,16,17,18)(H2,19,20,21)(H2,22,23,24);/q;;+1/p-1/t1-,2-,3?,4?,5-,6+;;/m0../s1. The summed E-state index contributed by atoms with van der Waals surface area (Å²) in [7, 11) is -72.5. The van der Waals surface area contributed by atoms with Crippen LogP contribution in [0.15, 0.2) is 0 Å². The monoisotopic (exact) mass is 1360 g/mol. The fourth-order valence-corrected chi connectivity index (χ4v) is 12.3. The van der Waals surface area contributed by atoms with Crippen molar-refractivity contribution in [2.75, 3.05) is 0 Å². The number of hydrogen-bond donors (Lipinski definition) is 23. The van der Waals surface area contributed by atoms with Gasteiger partial charge in [-0.25, -0.2) is 50.2 Å². The first-order chi connectivity index (χ1) is 31.1. The van der Waals surface area contributed by atoms with Gasteiger partial charge in [0.1, 0.15) is 73.2 Å². The molecular weight excluding hydrogens is 1320 g/mol. The van der Waals surface area contributed by atoms with Gasteiger partial charge in [-0.15, -0.1) is 0 Å². The zero-order chi connectivity index (χ0) is 57.4. The van der Waals surface area contributed by atoms with Crippen LogP contribution in [-0.2, 0) is 109 Å². The molecule has 2 fully saturated rings. The first kappa shape index (κ1) is 76.0. The number of rotatable bonds is 24. The van der Waals surface area contributed by atoms with E-state index in [0.29, 0.717) is 0 Å². The maximum absolute atomic E-state index is 11.4. The maximum atomic E-state index is 11.4. The van der Waals surface area contributed by atoms with Crippen LogP contribution in [0, 0.1) is 0 Å². The molecule has 0 aliphatic heterocycles. The van der Waals surface area contributed by atoms with E-state index in [4.69, 9.17) is 113 Å². The molecule has 0 heterocycles. The van der Waals surface area contributed by atoms with Crippen molar-refractivity contribution in [3.05, 3.63) is 0 Å². The van der Waals surface area contributed by atoms with Gasteiger partial charge in [-0.05, 0) is 0 Å². The van der Waals surface area contributed by atoms with E-state index in [1.807, 2.05) is 0 Å². The van der Waals surface area contributed by atoms with Crippen LogP contribution in [-0.4, -0.2) is 186 Å². The van der Waals surface area contributed by atoms with Crippen LogP contribution in [0.5, 0.6) is 0 Å². The topological polar surface area (TPSA) is 804 Å². The average Bonchev–Trinajstić information content (AvgIpc) is 3.01. The van der Waals surface area contributed by atoms with Gasteiger partial charge >= 0.3 is 137 Å². The van der Waals surface area contributed by atoms with E-state index in [-0.39, 0.29) is 51.4 Å². The molecule has 0 spiro atoms. The Bertz CT molecular complexity index is 1810. The van der Waals surface area contributed by atoms with Gasteiger partial charge in [-0.3, -0.25) is 54.3 Å². The quantitative estimate of drug-likeness (QED) is 0.0315. The molecule has 0 amide bonds. The van der Waals surface area contributed by atoms with Crippen LogP contribution in [0.2, 0.25) is 0 Å². The molecule has 61 heteroatoms. The van der Waals surface area contributed by atoms with Crippen molar-refractivity contribution >= 4 is 93.9 Å². The van der Waals surface area contributed by atoms with Crippen LogP contribution in [0.3, 0.4) is 0 Å². The van der Waals surface area contributed by atoms with E-state index in [0.717, 1.165) is 0 Å². The zero-order valence-electron chi connectivity index (χ0n) is 33.8. The molecule has 23 N–H and O–H groups in total. The van der Waals surface area contributed by atoms with Crippen molar-refractivity contribution in [2.45, 2.75) is 73.2 Å². The Labute approximate surface area is 442 Å². The van der Waals surface area contributed by atoms with Crippen LogP contribution < -0.4 is 56.3 Å². The van der Waals surface area contributed by atoms with Crippen LogP contribution in [0.25, 0.3) is 0 Å². The first-order valence-corrected chi connectivity index (χ1v) is 34.3. The Morgan fingerprint density at radius 3 is 0.315 bits per heavy atom. The van der Waals surface area contributed by atoms with Crippen LogP contribution >= 0.6 is 93.9 Å². The minimum Gasteiger partial charge on any atom is -0.756 e. The van der Waals surface area contributed by atoms with E-state index in [2.05, 4.69) is 54.3 Å². The molecule has 0 aromatic rings. The smallest absolute Gasteiger partial charge is 0.756 e. The summed E-state index contributed by atoms with van der Waals surface area (Å²) in [6.45, 7) is 0. The second-order valence-corrected chi connectivity index (χ2v) is 27.0. The van der Waals surface area contributed by atoms with Crippen molar-refractivity contribution in [3.8, 4) is 0 Å². The van der Waals surface area contributed by atoms with Crippen molar-refractivity contribution in [1.29, 1.82) is 0 Å². The molecule has 3 unspecified atom stereocenters. The van der Waals surface area contributed by atoms with Crippen LogP contribution in [0.4, 0.5) is 0 Å². The van der Waals surface area contributed by atoms with E-state index in [1.54, 1.807) is 0 Å². The predicted octanol–water partition coefficient (Wildman–Crippen LogP) is -9.89. The number of phosphoric acid groups is 12. The third-order valence-corrected chi connectivity index (χ3v) is 13.2. The van der Waals surface area contributed by atoms with Gasteiger partial charge in [0.05, 0.1) is 0 Å². The molecular formula is C12H35KO48P12. The van der Waals surface area contributed by atoms with Gasteiger partial charge in [-0.1, -0.05) is 0 Å². The summed E-state index contributed by atoms with van der Waals surface area (Å²) >= 11 is 0. The number of hydrogen-bond acceptors (Lipinski definition) is 25. The van der Waals surface area contributed by atoms with Crippen molar-refractivity contribution in [3.63, 3.8) is 0 Å². The summed E-state index contributed by atoms with van der Waals surface area (Å²) in [5.41, 5.74) is 0. The van der Waals surface area contributed by atoms with Gasteiger partial charge in [0, 0.05) is 0 Å². The molecule has 48 nitrogen and oxygen atoms in total. The molecule has 7 atom stereocenters. The first-order valence-electron chi connectivity index (χ1n) is 16.0. The Hall–Kier alpha value is 2.96. The summed E-state index contributed by atoms with van der Waals surface area (Å²) in [5, 5.41) is 0. The van der Waals surface area contributed by atoms with Gasteiger partial charge in [0.25, 0.3) is 7.82 Å². The molecule has 432 valence electrons. The van der Waals surface area contributed by atoms with E-state index >= 15 is 0 Å². The zero-order valence-corrected chi connectivity index (χ0v) is 47.6. The summed E-state index contributed by atoms with van der Waals surface area (Å²) in [5.74, 6) is 0. The third kappa shape index (κ3) is 32.4. The molecule has 0 aromatic heterocycles. The van der Waals surface area contributed by atoms with Gasteiger partial charge in [0.2, 0.25) is 0 Å². The van der Waals surface area contributed by atoms with Crippen molar-refractivity contribution in [1.82, 2.24) is 0 Å². The van der Waals surface area contributed by atoms with E-state index < -0.39 is 167 Å². The second-order valence-electron chi connectivity index (χ2n) is 12.7. The minimum absolute atomic E-state index is 0. The van der Waals surface area contributed by atoms with E-state index in [9.17, 15) is 59.7 Å². The molecule has 2 aliphatic carbocycles. The number of phosphoric ester groups is 12. The molecule has 73 heavy (non-hydrogen) atoms. The summed E-state index contributed by atoms with van der Waals surface area (Å²) in [4.78, 5) is 221. The molecule has 0 radical (unpaired) electrons. The van der Waals surface area contributed by atoms with Crippen LogP contribution in [0.1, 0.15) is 0 Å². The van der Waals surface area contributed by atoms with Crippen molar-refractivity contribution in [2.24, 2.45) is 0 Å². The third-order valence-electron chi connectivity index (χ3n) is 6.99.